The average molecular weight is 395 g/mol. The Hall–Kier alpha value is -0.160. The predicted molar refractivity (Wildman–Crippen MR) is 110 cm³/mol. The van der Waals surface area contributed by atoms with Crippen molar-refractivity contribution in [3.05, 3.63) is 0 Å². The summed E-state index contributed by atoms with van der Waals surface area (Å²) in [5.41, 5.74) is 0. The van der Waals surface area contributed by atoms with Crippen LogP contribution in [0.2, 0.25) is 0 Å². The maximum atomic E-state index is 14.8. The molecule has 0 fully saturated rings. The van der Waals surface area contributed by atoms with E-state index in [9.17, 15) is 17.4 Å². The zero-order valence-electron chi connectivity index (χ0n) is 17.3. The molecule has 0 radical (unpaired) electrons. The maximum absolute atomic E-state index is 14.8. The van der Waals surface area contributed by atoms with E-state index in [0.29, 0.717) is 12.8 Å². The second-order valence-corrected chi connectivity index (χ2v) is 9.49. The summed E-state index contributed by atoms with van der Waals surface area (Å²) >= 11 is 0. The Kier molecular flexibility index (Phi) is 15.8. The van der Waals surface area contributed by atoms with E-state index < -0.39 is 15.1 Å². The van der Waals surface area contributed by atoms with E-state index in [4.69, 9.17) is 0 Å². The Labute approximate surface area is 162 Å². The summed E-state index contributed by atoms with van der Waals surface area (Å²) in [7, 11) is -4.64. The Morgan fingerprint density at radius 2 is 0.885 bits per heavy atom. The van der Waals surface area contributed by atoms with E-state index >= 15 is 0 Å². The molecule has 0 amide bonds. The molecule has 1 N–H and O–H groups in total. The normalized spacial score (nSPS) is 14.5. The summed E-state index contributed by atoms with van der Waals surface area (Å²) in [4.78, 5) is 0. The number of hydrogen-bond donors (Lipinski definition) is 1. The van der Waals surface area contributed by atoms with E-state index in [2.05, 4.69) is 13.8 Å². The largest absolute Gasteiger partial charge is 0.300 e. The van der Waals surface area contributed by atoms with Crippen LogP contribution in [0.25, 0.3) is 0 Å². The molecule has 3 nitrogen and oxygen atoms in total. The number of rotatable bonds is 19. The summed E-state index contributed by atoms with van der Waals surface area (Å²) < 4.78 is 47.1. The molecule has 0 aromatic carbocycles. The highest BCUT2D eigenvalue weighted by atomic mass is 32.2. The minimum absolute atomic E-state index is 0.0719. The van der Waals surface area contributed by atoms with Gasteiger partial charge in [0.05, 0.1) is 0 Å². The van der Waals surface area contributed by atoms with Crippen molar-refractivity contribution in [1.29, 1.82) is 0 Å². The van der Waals surface area contributed by atoms with Gasteiger partial charge in [0, 0.05) is 0 Å². The topological polar surface area (TPSA) is 54.4 Å². The molecule has 0 aliphatic heterocycles. The molecular formula is C21H43FO3S. The molecule has 0 saturated heterocycles. The molecule has 0 aliphatic rings. The van der Waals surface area contributed by atoms with E-state index in [0.717, 1.165) is 38.5 Å². The molecule has 1 atom stereocenters. The molecule has 1 unspecified atom stereocenters. The van der Waals surface area contributed by atoms with Gasteiger partial charge < -0.3 is 0 Å². The van der Waals surface area contributed by atoms with Crippen LogP contribution in [0.4, 0.5) is 4.39 Å². The predicted octanol–water partition coefficient (Wildman–Crippen LogP) is 7.60. The minimum Gasteiger partial charge on any atom is -0.283 e. The van der Waals surface area contributed by atoms with Crippen LogP contribution in [0.5, 0.6) is 0 Å². The van der Waals surface area contributed by atoms with E-state index in [-0.39, 0.29) is 12.8 Å². The van der Waals surface area contributed by atoms with Crippen LogP contribution < -0.4 is 0 Å². The van der Waals surface area contributed by atoms with Crippen molar-refractivity contribution >= 4 is 10.1 Å². The lowest BCUT2D eigenvalue weighted by molar-refractivity contribution is 0.203. The lowest BCUT2D eigenvalue weighted by atomic mass is 10.0. The Bertz CT molecular complexity index is 411. The summed E-state index contributed by atoms with van der Waals surface area (Å²) in [6.07, 6.45) is 16.7. The lowest BCUT2D eigenvalue weighted by Crippen LogP contribution is -2.33. The van der Waals surface area contributed by atoms with Crippen LogP contribution in [0.3, 0.4) is 0 Å². The van der Waals surface area contributed by atoms with Crippen LogP contribution in [-0.2, 0) is 10.1 Å². The van der Waals surface area contributed by atoms with Gasteiger partial charge in [-0.05, 0) is 25.7 Å². The van der Waals surface area contributed by atoms with Gasteiger partial charge in [-0.2, -0.15) is 8.42 Å². The third-order valence-electron chi connectivity index (χ3n) is 5.27. The third kappa shape index (κ3) is 13.1. The monoisotopic (exact) mass is 394 g/mol. The molecule has 158 valence electrons. The van der Waals surface area contributed by atoms with Crippen LogP contribution >= 0.6 is 0 Å². The minimum atomic E-state index is -4.64. The standard InChI is InChI=1S/C21H43FO3S/c1-3-5-7-9-11-12-14-16-18-20-21(22,26(23,24)25)19-17-15-13-10-8-6-4-2/h3-20H2,1-2H3,(H,23,24,25). The molecule has 0 saturated carbocycles. The van der Waals surface area contributed by atoms with Gasteiger partial charge in [0.1, 0.15) is 0 Å². The lowest BCUT2D eigenvalue weighted by Gasteiger charge is -2.22. The van der Waals surface area contributed by atoms with Gasteiger partial charge in [0.25, 0.3) is 10.1 Å². The van der Waals surface area contributed by atoms with Gasteiger partial charge in [0.2, 0.25) is 5.00 Å². The van der Waals surface area contributed by atoms with Gasteiger partial charge in [-0.1, -0.05) is 104 Å². The highest BCUT2D eigenvalue weighted by Crippen LogP contribution is 2.32. The Morgan fingerprint density at radius 1 is 0.615 bits per heavy atom. The van der Waals surface area contributed by atoms with E-state index in [1.807, 2.05) is 0 Å². The zero-order chi connectivity index (χ0) is 19.7. The van der Waals surface area contributed by atoms with Gasteiger partial charge in [-0.3, -0.25) is 4.55 Å². The summed E-state index contributed by atoms with van der Waals surface area (Å²) in [6, 6.07) is 0. The van der Waals surface area contributed by atoms with E-state index in [1.165, 1.54) is 51.4 Å². The van der Waals surface area contributed by atoms with Crippen molar-refractivity contribution in [2.24, 2.45) is 0 Å². The van der Waals surface area contributed by atoms with Crippen molar-refractivity contribution in [1.82, 2.24) is 0 Å². The fourth-order valence-electron chi connectivity index (χ4n) is 3.43. The average Bonchev–Trinajstić information content (AvgIpc) is 2.58. The smallest absolute Gasteiger partial charge is 0.283 e. The van der Waals surface area contributed by atoms with E-state index in [1.54, 1.807) is 0 Å². The van der Waals surface area contributed by atoms with Gasteiger partial charge in [-0.15, -0.1) is 0 Å². The molecule has 0 aromatic rings. The molecule has 5 heteroatoms. The molecule has 0 spiro atoms. The molecule has 0 aliphatic carbocycles. The van der Waals surface area contributed by atoms with Crippen molar-refractivity contribution in [2.75, 3.05) is 0 Å². The summed E-state index contributed by atoms with van der Waals surface area (Å²) in [6.45, 7) is 4.36. The van der Waals surface area contributed by atoms with Crippen LogP contribution in [0.1, 0.15) is 129 Å². The fourth-order valence-corrected chi connectivity index (χ4v) is 4.23. The first-order chi connectivity index (χ1) is 12.4. The second-order valence-electron chi connectivity index (χ2n) is 7.81. The Morgan fingerprint density at radius 3 is 1.15 bits per heavy atom. The van der Waals surface area contributed by atoms with Gasteiger partial charge in [-0.25, -0.2) is 4.39 Å². The van der Waals surface area contributed by atoms with Crippen molar-refractivity contribution in [3.8, 4) is 0 Å². The molecule has 0 heterocycles. The van der Waals surface area contributed by atoms with Gasteiger partial charge >= 0.3 is 0 Å². The number of alkyl halides is 1. The van der Waals surface area contributed by atoms with Crippen molar-refractivity contribution in [2.45, 2.75) is 134 Å². The first-order valence-electron chi connectivity index (χ1n) is 11.0. The van der Waals surface area contributed by atoms with Crippen molar-refractivity contribution in [3.63, 3.8) is 0 Å². The number of hydrogen-bond acceptors (Lipinski definition) is 2. The molecule has 26 heavy (non-hydrogen) atoms. The molecule has 0 bridgehead atoms. The van der Waals surface area contributed by atoms with Crippen molar-refractivity contribution < 1.29 is 17.4 Å². The quantitative estimate of drug-likeness (QED) is 0.181. The highest BCUT2D eigenvalue weighted by molar-refractivity contribution is 7.87. The zero-order valence-corrected chi connectivity index (χ0v) is 18.1. The summed E-state index contributed by atoms with van der Waals surface area (Å²) in [5.74, 6) is 0. The second kappa shape index (κ2) is 15.9. The van der Waals surface area contributed by atoms with Crippen LogP contribution in [-0.4, -0.2) is 18.0 Å². The van der Waals surface area contributed by atoms with Crippen LogP contribution in [0.15, 0.2) is 0 Å². The third-order valence-corrected chi connectivity index (χ3v) is 6.60. The molecule has 0 aromatic heterocycles. The Balaban J connectivity index is 3.93. The van der Waals surface area contributed by atoms with Gasteiger partial charge in [0.15, 0.2) is 0 Å². The highest BCUT2D eigenvalue weighted by Gasteiger charge is 2.41. The molecule has 0 rings (SSSR count). The number of unbranched alkanes of at least 4 members (excludes halogenated alkanes) is 14. The SMILES string of the molecule is CCCCCCCCCCCC(F)(CCCCCCCCC)S(=O)(=O)O. The molecular weight excluding hydrogens is 351 g/mol. The first-order valence-corrected chi connectivity index (χ1v) is 12.5. The first kappa shape index (κ1) is 25.8. The summed E-state index contributed by atoms with van der Waals surface area (Å²) in [5, 5.41) is -2.45. The number of halogens is 1. The van der Waals surface area contributed by atoms with Crippen LogP contribution in [0, 0.1) is 0 Å². The fraction of sp³-hybridized carbons (Fsp3) is 1.00. The maximum Gasteiger partial charge on any atom is 0.300 e.